The molecule has 3 atom stereocenters. The molecule has 1 aliphatic rings. The molecule has 0 saturated carbocycles. The van der Waals surface area contributed by atoms with Crippen LogP contribution in [0.15, 0.2) is 36.5 Å². The number of rotatable bonds is 2. The number of allylic oxidation sites excluding steroid dienone is 2. The van der Waals surface area contributed by atoms with E-state index in [0.29, 0.717) is 12.3 Å². The first kappa shape index (κ1) is 10.3. The van der Waals surface area contributed by atoms with Crippen LogP contribution in [0.2, 0.25) is 0 Å². The monoisotopic (exact) mass is 205 g/mol. The van der Waals surface area contributed by atoms with Crippen LogP contribution in [0.1, 0.15) is 31.4 Å². The Labute approximate surface area is 90.0 Å². The van der Waals surface area contributed by atoms with E-state index in [-0.39, 0.29) is 5.92 Å². The van der Waals surface area contributed by atoms with Crippen LogP contribution in [-0.2, 0) is 0 Å². The predicted octanol–water partition coefficient (Wildman–Crippen LogP) is 3.49. The summed E-state index contributed by atoms with van der Waals surface area (Å²) < 4.78 is 13.9. The Morgan fingerprint density at radius 1 is 1.40 bits per heavy atom. The van der Waals surface area contributed by atoms with Gasteiger partial charge in [0.1, 0.15) is 6.17 Å². The lowest BCUT2D eigenvalue weighted by atomic mass is 9.84. The summed E-state index contributed by atoms with van der Waals surface area (Å²) in [5.74, 6) is 0.258. The Balaban J connectivity index is 2.18. The van der Waals surface area contributed by atoms with E-state index < -0.39 is 6.17 Å². The van der Waals surface area contributed by atoms with Crippen molar-refractivity contribution in [2.75, 3.05) is 0 Å². The van der Waals surface area contributed by atoms with Crippen molar-refractivity contribution >= 4 is 0 Å². The van der Waals surface area contributed by atoms with Crippen LogP contribution in [0.4, 0.5) is 4.39 Å². The zero-order chi connectivity index (χ0) is 10.7. The third-order valence-electron chi connectivity index (χ3n) is 3.06. The molecule has 1 nitrogen and oxygen atoms in total. The summed E-state index contributed by atoms with van der Waals surface area (Å²) in [6.45, 7) is 2.10. The highest BCUT2D eigenvalue weighted by atomic mass is 19.1. The molecule has 1 heterocycles. The van der Waals surface area contributed by atoms with E-state index in [1.54, 1.807) is 6.20 Å². The van der Waals surface area contributed by atoms with Gasteiger partial charge in [-0.1, -0.05) is 25.1 Å². The first-order valence-electron chi connectivity index (χ1n) is 5.54. The average molecular weight is 205 g/mol. The molecule has 3 unspecified atom stereocenters. The molecule has 0 saturated heterocycles. The molecule has 0 aliphatic heterocycles. The van der Waals surface area contributed by atoms with Crippen molar-refractivity contribution in [3.8, 4) is 0 Å². The molecule has 2 rings (SSSR count). The molecule has 0 amide bonds. The van der Waals surface area contributed by atoms with Crippen LogP contribution >= 0.6 is 0 Å². The lowest BCUT2D eigenvalue weighted by molar-refractivity contribution is 0.247. The maximum Gasteiger partial charge on any atom is 0.112 e. The fraction of sp³-hybridized carbons (Fsp3) is 0.462. The minimum atomic E-state index is -0.783. The van der Waals surface area contributed by atoms with Crippen molar-refractivity contribution in [2.24, 2.45) is 5.92 Å². The van der Waals surface area contributed by atoms with Gasteiger partial charge in [0.15, 0.2) is 0 Å². The minimum Gasteiger partial charge on any atom is -0.261 e. The van der Waals surface area contributed by atoms with E-state index in [0.717, 1.165) is 12.1 Å². The van der Waals surface area contributed by atoms with E-state index in [2.05, 4.69) is 18.0 Å². The third kappa shape index (κ3) is 2.25. The van der Waals surface area contributed by atoms with Crippen molar-refractivity contribution in [3.05, 3.63) is 42.2 Å². The highest BCUT2D eigenvalue weighted by molar-refractivity contribution is 5.20. The second-order valence-electron chi connectivity index (χ2n) is 4.09. The molecule has 0 fully saturated rings. The van der Waals surface area contributed by atoms with E-state index >= 15 is 0 Å². The topological polar surface area (TPSA) is 12.9 Å². The zero-order valence-electron chi connectivity index (χ0n) is 8.94. The highest BCUT2D eigenvalue weighted by Gasteiger charge is 2.27. The lowest BCUT2D eigenvalue weighted by Gasteiger charge is -2.25. The SMILES string of the molecule is CCC1C=CC(c2ccccn2)C(F)C1. The van der Waals surface area contributed by atoms with Crippen molar-refractivity contribution in [1.82, 2.24) is 4.98 Å². The Bertz CT molecular complexity index is 334. The smallest absolute Gasteiger partial charge is 0.112 e. The molecule has 0 spiro atoms. The van der Waals surface area contributed by atoms with Gasteiger partial charge in [-0.25, -0.2) is 4.39 Å². The van der Waals surface area contributed by atoms with Gasteiger partial charge in [-0.2, -0.15) is 0 Å². The highest BCUT2D eigenvalue weighted by Crippen LogP contribution is 2.32. The average Bonchev–Trinajstić information content (AvgIpc) is 2.30. The summed E-state index contributed by atoms with van der Waals surface area (Å²) >= 11 is 0. The number of pyridine rings is 1. The number of hydrogen-bond acceptors (Lipinski definition) is 1. The standard InChI is InChI=1S/C13H16FN/c1-2-10-6-7-11(12(14)9-10)13-5-3-4-8-15-13/h3-8,10-12H,2,9H2,1H3. The summed E-state index contributed by atoms with van der Waals surface area (Å²) in [6, 6.07) is 5.67. The van der Waals surface area contributed by atoms with E-state index in [9.17, 15) is 4.39 Å². The van der Waals surface area contributed by atoms with Crippen molar-refractivity contribution in [1.29, 1.82) is 0 Å². The molecule has 15 heavy (non-hydrogen) atoms. The summed E-state index contributed by atoms with van der Waals surface area (Å²) in [6.07, 6.45) is 6.71. The van der Waals surface area contributed by atoms with Crippen LogP contribution in [-0.4, -0.2) is 11.2 Å². The first-order chi connectivity index (χ1) is 7.31. The number of alkyl halides is 1. The molecule has 80 valence electrons. The third-order valence-corrected chi connectivity index (χ3v) is 3.06. The molecule has 1 aromatic heterocycles. The molecule has 1 aromatic rings. The molecule has 0 N–H and O–H groups in total. The Morgan fingerprint density at radius 2 is 2.27 bits per heavy atom. The van der Waals surface area contributed by atoms with Gasteiger partial charge < -0.3 is 0 Å². The normalized spacial score (nSPS) is 30.4. The lowest BCUT2D eigenvalue weighted by Crippen LogP contribution is -2.20. The second-order valence-corrected chi connectivity index (χ2v) is 4.09. The zero-order valence-corrected chi connectivity index (χ0v) is 8.94. The molecular weight excluding hydrogens is 189 g/mol. The Hall–Kier alpha value is -1.18. The first-order valence-corrected chi connectivity index (χ1v) is 5.54. The van der Waals surface area contributed by atoms with E-state index in [1.807, 2.05) is 24.3 Å². The number of hydrogen-bond donors (Lipinski definition) is 0. The van der Waals surface area contributed by atoms with Crippen LogP contribution in [0.25, 0.3) is 0 Å². The molecular formula is C13H16FN. The van der Waals surface area contributed by atoms with Crippen molar-refractivity contribution < 1.29 is 4.39 Å². The fourth-order valence-electron chi connectivity index (χ4n) is 2.07. The van der Waals surface area contributed by atoms with E-state index in [4.69, 9.17) is 0 Å². The molecule has 2 heteroatoms. The van der Waals surface area contributed by atoms with Crippen LogP contribution < -0.4 is 0 Å². The Kier molecular flexibility index (Phi) is 3.14. The quantitative estimate of drug-likeness (QED) is 0.673. The van der Waals surface area contributed by atoms with Gasteiger partial charge in [0.05, 0.1) is 11.6 Å². The summed E-state index contributed by atoms with van der Waals surface area (Å²) in [4.78, 5) is 4.21. The molecule has 1 aliphatic carbocycles. The number of halogens is 1. The molecule has 0 radical (unpaired) electrons. The maximum atomic E-state index is 13.9. The molecule has 0 bridgehead atoms. The predicted molar refractivity (Wildman–Crippen MR) is 59.4 cm³/mol. The summed E-state index contributed by atoms with van der Waals surface area (Å²) in [5, 5.41) is 0. The summed E-state index contributed by atoms with van der Waals surface area (Å²) in [5.41, 5.74) is 0.843. The Morgan fingerprint density at radius 3 is 2.87 bits per heavy atom. The van der Waals surface area contributed by atoms with Crippen molar-refractivity contribution in [3.63, 3.8) is 0 Å². The largest absolute Gasteiger partial charge is 0.261 e. The van der Waals surface area contributed by atoms with Crippen LogP contribution in [0.5, 0.6) is 0 Å². The minimum absolute atomic E-state index is 0.144. The second kappa shape index (κ2) is 4.56. The van der Waals surface area contributed by atoms with Gasteiger partial charge in [-0.3, -0.25) is 4.98 Å². The van der Waals surface area contributed by atoms with Gasteiger partial charge >= 0.3 is 0 Å². The number of nitrogens with zero attached hydrogens (tertiary/aromatic N) is 1. The maximum absolute atomic E-state index is 13.9. The fourth-order valence-corrected chi connectivity index (χ4v) is 2.07. The molecule has 0 aromatic carbocycles. The van der Waals surface area contributed by atoms with Crippen molar-refractivity contribution in [2.45, 2.75) is 31.9 Å². The van der Waals surface area contributed by atoms with Gasteiger partial charge in [0, 0.05) is 6.20 Å². The van der Waals surface area contributed by atoms with Gasteiger partial charge in [0.2, 0.25) is 0 Å². The van der Waals surface area contributed by atoms with Gasteiger partial charge in [-0.15, -0.1) is 0 Å². The van der Waals surface area contributed by atoms with Gasteiger partial charge in [-0.05, 0) is 30.9 Å². The van der Waals surface area contributed by atoms with E-state index in [1.165, 1.54) is 0 Å². The van der Waals surface area contributed by atoms with Gasteiger partial charge in [0.25, 0.3) is 0 Å². The number of aromatic nitrogens is 1. The van der Waals surface area contributed by atoms with Crippen LogP contribution in [0.3, 0.4) is 0 Å². The summed E-state index contributed by atoms with van der Waals surface area (Å²) in [7, 11) is 0. The van der Waals surface area contributed by atoms with Crippen LogP contribution in [0, 0.1) is 5.92 Å².